The quantitative estimate of drug-likeness (QED) is 0.837. The highest BCUT2D eigenvalue weighted by Gasteiger charge is 2.37. The average Bonchev–Trinajstić information content (AvgIpc) is 2.66. The predicted octanol–water partition coefficient (Wildman–Crippen LogP) is 2.12. The molecule has 1 aromatic rings. The second-order valence-corrected chi connectivity index (χ2v) is 5.81. The zero-order chi connectivity index (χ0) is 14.7. The summed E-state index contributed by atoms with van der Waals surface area (Å²) in [5, 5.41) is 3.36. The van der Waals surface area contributed by atoms with Crippen molar-refractivity contribution >= 4 is 11.8 Å². The highest BCUT2D eigenvalue weighted by atomic mass is 16.2. The van der Waals surface area contributed by atoms with Gasteiger partial charge in [0.25, 0.3) is 0 Å². The van der Waals surface area contributed by atoms with Crippen molar-refractivity contribution in [2.75, 3.05) is 7.05 Å². The van der Waals surface area contributed by atoms with E-state index in [1.54, 1.807) is 7.05 Å². The molecular weight excluding hydrogens is 252 g/mol. The standard InChI is InChI=1S/C16H22N2O2/c1-11(2)9-13(12-7-5-4-6-8-12)17-14-10-15(19)18(3)16(14)20/h4-8,11,13-14,17H,9-10H2,1-3H3. The average molecular weight is 274 g/mol. The van der Waals surface area contributed by atoms with E-state index < -0.39 is 6.04 Å². The van der Waals surface area contributed by atoms with Gasteiger partial charge in [-0.25, -0.2) is 0 Å². The van der Waals surface area contributed by atoms with E-state index in [2.05, 4.69) is 31.3 Å². The molecule has 0 aromatic heterocycles. The first-order valence-electron chi connectivity index (χ1n) is 7.10. The lowest BCUT2D eigenvalue weighted by atomic mass is 9.96. The molecule has 4 nitrogen and oxygen atoms in total. The largest absolute Gasteiger partial charge is 0.298 e. The molecule has 1 saturated heterocycles. The van der Waals surface area contributed by atoms with Crippen LogP contribution < -0.4 is 5.32 Å². The Morgan fingerprint density at radius 2 is 1.90 bits per heavy atom. The van der Waals surface area contributed by atoms with E-state index in [9.17, 15) is 9.59 Å². The minimum atomic E-state index is -0.392. The Morgan fingerprint density at radius 3 is 2.40 bits per heavy atom. The third-order valence-electron chi connectivity index (χ3n) is 3.69. The van der Waals surface area contributed by atoms with Crippen molar-refractivity contribution in [3.05, 3.63) is 35.9 Å². The number of carbonyl (C=O) groups is 2. The number of amides is 2. The number of imide groups is 1. The molecule has 2 amide bonds. The molecule has 4 heteroatoms. The molecule has 0 radical (unpaired) electrons. The first-order chi connectivity index (χ1) is 9.49. The summed E-state index contributed by atoms with van der Waals surface area (Å²) in [4.78, 5) is 24.8. The van der Waals surface area contributed by atoms with Crippen LogP contribution in [0.5, 0.6) is 0 Å². The van der Waals surface area contributed by atoms with Crippen LogP contribution in [-0.2, 0) is 9.59 Å². The zero-order valence-corrected chi connectivity index (χ0v) is 12.3. The molecule has 2 unspecified atom stereocenters. The lowest BCUT2D eigenvalue weighted by Gasteiger charge is -2.24. The number of rotatable bonds is 5. The molecule has 0 bridgehead atoms. The molecule has 0 spiro atoms. The van der Waals surface area contributed by atoms with Gasteiger partial charge in [-0.2, -0.15) is 0 Å². The van der Waals surface area contributed by atoms with Gasteiger partial charge in [-0.1, -0.05) is 44.2 Å². The van der Waals surface area contributed by atoms with Crippen LogP contribution in [0.1, 0.15) is 38.3 Å². The highest BCUT2D eigenvalue weighted by Crippen LogP contribution is 2.24. The van der Waals surface area contributed by atoms with Gasteiger partial charge >= 0.3 is 0 Å². The van der Waals surface area contributed by atoms with Crippen molar-refractivity contribution < 1.29 is 9.59 Å². The van der Waals surface area contributed by atoms with Crippen LogP contribution in [-0.4, -0.2) is 29.8 Å². The van der Waals surface area contributed by atoms with E-state index in [4.69, 9.17) is 0 Å². The number of carbonyl (C=O) groups excluding carboxylic acids is 2. The van der Waals surface area contributed by atoms with E-state index in [0.29, 0.717) is 5.92 Å². The molecule has 20 heavy (non-hydrogen) atoms. The maximum absolute atomic E-state index is 12.0. The molecule has 1 aliphatic rings. The number of likely N-dealkylation sites (N-methyl/N-ethyl adjacent to an activating group) is 1. The highest BCUT2D eigenvalue weighted by molar-refractivity contribution is 6.05. The lowest BCUT2D eigenvalue weighted by Crippen LogP contribution is -2.39. The molecule has 1 N–H and O–H groups in total. The van der Waals surface area contributed by atoms with E-state index in [1.165, 1.54) is 4.90 Å². The second-order valence-electron chi connectivity index (χ2n) is 5.81. The number of nitrogens with zero attached hydrogens (tertiary/aromatic N) is 1. The van der Waals surface area contributed by atoms with E-state index in [-0.39, 0.29) is 24.3 Å². The fraction of sp³-hybridized carbons (Fsp3) is 0.500. The van der Waals surface area contributed by atoms with Gasteiger partial charge < -0.3 is 0 Å². The molecule has 1 fully saturated rings. The maximum atomic E-state index is 12.0. The van der Waals surface area contributed by atoms with Crippen molar-refractivity contribution in [2.45, 2.75) is 38.8 Å². The monoisotopic (exact) mass is 274 g/mol. The Balaban J connectivity index is 2.13. The van der Waals surface area contributed by atoms with Gasteiger partial charge in [0.2, 0.25) is 11.8 Å². The third-order valence-corrected chi connectivity index (χ3v) is 3.69. The first-order valence-corrected chi connectivity index (χ1v) is 7.10. The van der Waals surface area contributed by atoms with E-state index >= 15 is 0 Å². The van der Waals surface area contributed by atoms with Crippen molar-refractivity contribution in [3.8, 4) is 0 Å². The number of benzene rings is 1. The van der Waals surface area contributed by atoms with Crippen LogP contribution in [0.4, 0.5) is 0 Å². The van der Waals surface area contributed by atoms with Crippen LogP contribution in [0, 0.1) is 5.92 Å². The Hall–Kier alpha value is -1.68. The third kappa shape index (κ3) is 3.25. The van der Waals surface area contributed by atoms with E-state index in [0.717, 1.165) is 12.0 Å². The fourth-order valence-corrected chi connectivity index (χ4v) is 2.59. The molecular formula is C16H22N2O2. The fourth-order valence-electron chi connectivity index (χ4n) is 2.59. The van der Waals surface area contributed by atoms with Gasteiger partial charge in [-0.15, -0.1) is 0 Å². The summed E-state index contributed by atoms with van der Waals surface area (Å²) in [5.41, 5.74) is 1.16. The molecule has 0 saturated carbocycles. The van der Waals surface area contributed by atoms with Crippen molar-refractivity contribution in [1.82, 2.24) is 10.2 Å². The summed E-state index contributed by atoms with van der Waals surface area (Å²) in [6.45, 7) is 4.32. The molecule has 1 heterocycles. The van der Waals surface area contributed by atoms with Gasteiger partial charge in [-0.3, -0.25) is 19.8 Å². The summed E-state index contributed by atoms with van der Waals surface area (Å²) in [5.74, 6) is 0.279. The maximum Gasteiger partial charge on any atom is 0.246 e. The summed E-state index contributed by atoms with van der Waals surface area (Å²) >= 11 is 0. The van der Waals surface area contributed by atoms with Gasteiger partial charge in [0, 0.05) is 13.1 Å². The lowest BCUT2D eigenvalue weighted by molar-refractivity contribution is -0.137. The van der Waals surface area contributed by atoms with Crippen LogP contribution in [0.3, 0.4) is 0 Å². The summed E-state index contributed by atoms with van der Waals surface area (Å²) in [7, 11) is 1.55. The summed E-state index contributed by atoms with van der Waals surface area (Å²) < 4.78 is 0. The Labute approximate surface area is 120 Å². The normalized spacial score (nSPS) is 20.8. The Kier molecular flexibility index (Phi) is 4.55. The van der Waals surface area contributed by atoms with Crippen molar-refractivity contribution in [2.24, 2.45) is 5.92 Å². The number of hydrogen-bond donors (Lipinski definition) is 1. The topological polar surface area (TPSA) is 49.4 Å². The van der Waals surface area contributed by atoms with Crippen LogP contribution in [0.15, 0.2) is 30.3 Å². The van der Waals surface area contributed by atoms with Crippen LogP contribution in [0.25, 0.3) is 0 Å². The summed E-state index contributed by atoms with van der Waals surface area (Å²) in [6.07, 6.45) is 1.20. The van der Waals surface area contributed by atoms with Crippen LogP contribution in [0.2, 0.25) is 0 Å². The predicted molar refractivity (Wildman–Crippen MR) is 78.0 cm³/mol. The van der Waals surface area contributed by atoms with Gasteiger partial charge in [0.05, 0.1) is 12.5 Å². The molecule has 108 valence electrons. The van der Waals surface area contributed by atoms with Gasteiger partial charge in [0.15, 0.2) is 0 Å². The number of nitrogens with one attached hydrogen (secondary N) is 1. The Morgan fingerprint density at radius 1 is 1.25 bits per heavy atom. The number of likely N-dealkylation sites (tertiary alicyclic amines) is 1. The molecule has 0 aliphatic carbocycles. The molecule has 1 aromatic carbocycles. The molecule has 1 aliphatic heterocycles. The van der Waals surface area contributed by atoms with Gasteiger partial charge in [0.1, 0.15) is 0 Å². The number of hydrogen-bond acceptors (Lipinski definition) is 3. The minimum Gasteiger partial charge on any atom is -0.298 e. The van der Waals surface area contributed by atoms with E-state index in [1.807, 2.05) is 18.2 Å². The van der Waals surface area contributed by atoms with Gasteiger partial charge in [-0.05, 0) is 17.9 Å². The molecule has 2 rings (SSSR count). The minimum absolute atomic E-state index is 0.101. The first kappa shape index (κ1) is 14.7. The van der Waals surface area contributed by atoms with Crippen LogP contribution >= 0.6 is 0 Å². The zero-order valence-electron chi connectivity index (χ0n) is 12.3. The smallest absolute Gasteiger partial charge is 0.246 e. The second kappa shape index (κ2) is 6.18. The van der Waals surface area contributed by atoms with Crippen molar-refractivity contribution in [1.29, 1.82) is 0 Å². The summed E-state index contributed by atoms with van der Waals surface area (Å²) in [6, 6.07) is 9.81. The molecule has 2 atom stereocenters. The SMILES string of the molecule is CC(C)CC(NC1CC(=O)N(C)C1=O)c1ccccc1. The Bertz CT molecular complexity index is 485. The van der Waals surface area contributed by atoms with Crippen molar-refractivity contribution in [3.63, 3.8) is 0 Å².